The highest BCUT2D eigenvalue weighted by atomic mass is 79.9. The van der Waals surface area contributed by atoms with Crippen LogP contribution in [0.3, 0.4) is 0 Å². The molecule has 1 aromatic heterocycles. The highest BCUT2D eigenvalue weighted by Crippen LogP contribution is 2.27. The van der Waals surface area contributed by atoms with Gasteiger partial charge in [-0.05, 0) is 37.0 Å². The monoisotopic (exact) mass is 332 g/mol. The quantitative estimate of drug-likeness (QED) is 0.933. The Bertz CT molecular complexity index is 628. The third kappa shape index (κ3) is 2.72. The van der Waals surface area contributed by atoms with E-state index in [0.717, 1.165) is 28.4 Å². The van der Waals surface area contributed by atoms with Crippen LogP contribution in [0, 0.1) is 0 Å². The molecule has 3 rings (SSSR count). The van der Waals surface area contributed by atoms with Gasteiger partial charge in [0.15, 0.2) is 0 Å². The minimum absolute atomic E-state index is 0.464. The lowest BCUT2D eigenvalue weighted by molar-refractivity contribution is 0.289. The summed E-state index contributed by atoms with van der Waals surface area (Å²) in [6.07, 6.45) is 3.34. The van der Waals surface area contributed by atoms with Crippen LogP contribution < -0.4 is 10.5 Å². The number of hydrogen-bond acceptors (Lipinski definition) is 3. The first-order valence-corrected chi connectivity index (χ1v) is 7.65. The zero-order chi connectivity index (χ0) is 13.9. The smallest absolute Gasteiger partial charge is 0.218 e. The summed E-state index contributed by atoms with van der Waals surface area (Å²) in [6, 6.07) is 10.2. The molecule has 0 spiro atoms. The molecule has 1 aliphatic carbocycles. The van der Waals surface area contributed by atoms with Crippen LogP contribution in [0.1, 0.15) is 28.8 Å². The number of nitrogens with two attached hydrogens (primary N) is 1. The summed E-state index contributed by atoms with van der Waals surface area (Å²) >= 11 is 3.53. The second-order valence-corrected chi connectivity index (χ2v) is 5.85. The van der Waals surface area contributed by atoms with Crippen molar-refractivity contribution in [3.63, 3.8) is 0 Å². The fourth-order valence-electron chi connectivity index (χ4n) is 2.53. The molecule has 1 aliphatic rings. The third-order valence-electron chi connectivity index (χ3n) is 3.63. The molecule has 1 heterocycles. The lowest BCUT2D eigenvalue weighted by Crippen LogP contribution is -2.07. The number of fused-ring (bicyclic) bond motifs is 1. The maximum Gasteiger partial charge on any atom is 0.218 e. The van der Waals surface area contributed by atoms with Gasteiger partial charge in [-0.3, -0.25) is 0 Å². The van der Waals surface area contributed by atoms with Gasteiger partial charge in [0.1, 0.15) is 6.61 Å². The van der Waals surface area contributed by atoms with Crippen molar-refractivity contribution in [3.05, 3.63) is 57.2 Å². The van der Waals surface area contributed by atoms with Crippen molar-refractivity contribution < 1.29 is 4.74 Å². The molecule has 0 aliphatic heterocycles. The molecule has 2 N–H and O–H groups in total. The maximum absolute atomic E-state index is 5.90. The summed E-state index contributed by atoms with van der Waals surface area (Å²) < 4.78 is 6.95. The average molecular weight is 333 g/mol. The Kier molecular flexibility index (Phi) is 4.03. The molecule has 20 heavy (non-hydrogen) atoms. The largest absolute Gasteiger partial charge is 0.473 e. The standard InChI is InChI=1S/C16H17BrN2O/c17-14-6-2-1-4-12(14)10-20-16-13(9-18)8-11-5-3-7-15(11)19-16/h1-2,4,6,8H,3,5,7,9-10,18H2. The van der Waals surface area contributed by atoms with Gasteiger partial charge in [-0.25, -0.2) is 4.98 Å². The van der Waals surface area contributed by atoms with Crippen LogP contribution in [0.4, 0.5) is 0 Å². The molecular formula is C16H17BrN2O. The number of halogens is 1. The van der Waals surface area contributed by atoms with Crippen LogP contribution in [0.2, 0.25) is 0 Å². The van der Waals surface area contributed by atoms with Gasteiger partial charge < -0.3 is 10.5 Å². The van der Waals surface area contributed by atoms with Gasteiger partial charge in [-0.2, -0.15) is 0 Å². The van der Waals surface area contributed by atoms with E-state index in [4.69, 9.17) is 10.5 Å². The van der Waals surface area contributed by atoms with Crippen LogP contribution in [-0.2, 0) is 26.0 Å². The SMILES string of the molecule is NCc1cc2c(nc1OCc1ccccc1Br)CCC2. The molecule has 0 fully saturated rings. The van der Waals surface area contributed by atoms with Gasteiger partial charge in [0.2, 0.25) is 5.88 Å². The van der Waals surface area contributed by atoms with E-state index in [0.29, 0.717) is 19.0 Å². The van der Waals surface area contributed by atoms with E-state index >= 15 is 0 Å². The molecule has 1 aromatic carbocycles. The van der Waals surface area contributed by atoms with Crippen molar-refractivity contribution in [1.29, 1.82) is 0 Å². The van der Waals surface area contributed by atoms with Gasteiger partial charge in [0, 0.05) is 27.8 Å². The van der Waals surface area contributed by atoms with Gasteiger partial charge in [-0.1, -0.05) is 34.1 Å². The predicted octanol–water partition coefficient (Wildman–Crippen LogP) is 3.37. The molecule has 0 saturated carbocycles. The summed E-state index contributed by atoms with van der Waals surface area (Å²) in [5.74, 6) is 0.684. The lowest BCUT2D eigenvalue weighted by atomic mass is 10.1. The first-order valence-electron chi connectivity index (χ1n) is 6.86. The molecular weight excluding hydrogens is 316 g/mol. The molecule has 104 valence electrons. The highest BCUT2D eigenvalue weighted by molar-refractivity contribution is 9.10. The Morgan fingerprint density at radius 3 is 2.85 bits per heavy atom. The molecule has 0 saturated heterocycles. The van der Waals surface area contributed by atoms with Crippen LogP contribution in [0.5, 0.6) is 5.88 Å². The van der Waals surface area contributed by atoms with Crippen LogP contribution >= 0.6 is 15.9 Å². The maximum atomic E-state index is 5.90. The van der Waals surface area contributed by atoms with E-state index < -0.39 is 0 Å². The number of pyridine rings is 1. The van der Waals surface area contributed by atoms with Crippen LogP contribution in [0.15, 0.2) is 34.8 Å². The second-order valence-electron chi connectivity index (χ2n) is 5.00. The van der Waals surface area contributed by atoms with E-state index in [1.807, 2.05) is 24.3 Å². The first-order chi connectivity index (χ1) is 9.78. The Hall–Kier alpha value is -1.39. The zero-order valence-corrected chi connectivity index (χ0v) is 12.8. The van der Waals surface area contributed by atoms with E-state index in [-0.39, 0.29) is 0 Å². The number of ether oxygens (including phenoxy) is 1. The molecule has 3 nitrogen and oxygen atoms in total. The Balaban J connectivity index is 1.82. The molecule has 0 radical (unpaired) electrons. The number of nitrogens with zero attached hydrogens (tertiary/aromatic N) is 1. The molecule has 0 unspecified atom stereocenters. The highest BCUT2D eigenvalue weighted by Gasteiger charge is 2.16. The molecule has 0 amide bonds. The third-order valence-corrected chi connectivity index (χ3v) is 4.41. The van der Waals surface area contributed by atoms with Gasteiger partial charge in [0.25, 0.3) is 0 Å². The number of rotatable bonds is 4. The minimum Gasteiger partial charge on any atom is -0.473 e. The van der Waals surface area contributed by atoms with Crippen LogP contribution in [-0.4, -0.2) is 4.98 Å². The van der Waals surface area contributed by atoms with Gasteiger partial charge in [0.05, 0.1) is 0 Å². The Labute approximate surface area is 127 Å². The van der Waals surface area contributed by atoms with Gasteiger partial charge in [-0.15, -0.1) is 0 Å². The molecule has 0 bridgehead atoms. The van der Waals surface area contributed by atoms with E-state index in [2.05, 4.69) is 27.0 Å². The van der Waals surface area contributed by atoms with Crippen molar-refractivity contribution in [2.45, 2.75) is 32.4 Å². The molecule has 0 atom stereocenters. The fraction of sp³-hybridized carbons (Fsp3) is 0.312. The molecule has 2 aromatic rings. The van der Waals surface area contributed by atoms with Gasteiger partial charge >= 0.3 is 0 Å². The van der Waals surface area contributed by atoms with E-state index in [9.17, 15) is 0 Å². The van der Waals surface area contributed by atoms with E-state index in [1.54, 1.807) is 0 Å². The van der Waals surface area contributed by atoms with Crippen molar-refractivity contribution in [3.8, 4) is 5.88 Å². The molecule has 4 heteroatoms. The number of aryl methyl sites for hydroxylation is 2. The van der Waals surface area contributed by atoms with Crippen molar-refractivity contribution in [1.82, 2.24) is 4.98 Å². The van der Waals surface area contributed by atoms with Crippen LogP contribution in [0.25, 0.3) is 0 Å². The fourth-order valence-corrected chi connectivity index (χ4v) is 2.93. The minimum atomic E-state index is 0.464. The second kappa shape index (κ2) is 5.94. The Morgan fingerprint density at radius 1 is 1.20 bits per heavy atom. The summed E-state index contributed by atoms with van der Waals surface area (Å²) in [6.45, 7) is 0.964. The number of benzene rings is 1. The normalized spacial score (nSPS) is 13.3. The average Bonchev–Trinajstić information content (AvgIpc) is 2.92. The number of hydrogen-bond donors (Lipinski definition) is 1. The van der Waals surface area contributed by atoms with Crippen molar-refractivity contribution >= 4 is 15.9 Å². The number of aromatic nitrogens is 1. The lowest BCUT2D eigenvalue weighted by Gasteiger charge is -2.12. The Morgan fingerprint density at radius 2 is 2.05 bits per heavy atom. The summed E-state index contributed by atoms with van der Waals surface area (Å²) in [5, 5.41) is 0. The van der Waals surface area contributed by atoms with Crippen molar-refractivity contribution in [2.24, 2.45) is 5.73 Å². The summed E-state index contributed by atoms with van der Waals surface area (Å²) in [5.41, 5.74) is 10.4. The topological polar surface area (TPSA) is 48.1 Å². The summed E-state index contributed by atoms with van der Waals surface area (Å²) in [4.78, 5) is 4.65. The first kappa shape index (κ1) is 13.6. The van der Waals surface area contributed by atoms with E-state index in [1.165, 1.54) is 17.7 Å². The zero-order valence-electron chi connectivity index (χ0n) is 11.2. The summed E-state index contributed by atoms with van der Waals surface area (Å²) in [7, 11) is 0. The van der Waals surface area contributed by atoms with Crippen molar-refractivity contribution in [2.75, 3.05) is 0 Å². The predicted molar refractivity (Wildman–Crippen MR) is 82.6 cm³/mol.